The first-order valence-corrected chi connectivity index (χ1v) is 5.44. The number of rotatable bonds is 5. The van der Waals surface area contributed by atoms with Gasteiger partial charge < -0.3 is 18.9 Å². The summed E-state index contributed by atoms with van der Waals surface area (Å²) in [4.78, 5) is 11.4. The van der Waals surface area contributed by atoms with E-state index in [-0.39, 0.29) is 12.4 Å². The van der Waals surface area contributed by atoms with Gasteiger partial charge in [0.25, 0.3) is 0 Å². The Morgan fingerprint density at radius 2 is 1.67 bits per heavy atom. The SMILES string of the molecule is COC(=O)Cc1cc(OC)c(OC)c(C)c1OC. The largest absolute Gasteiger partial charge is 0.496 e. The van der Waals surface area contributed by atoms with E-state index in [4.69, 9.17) is 14.2 Å². The van der Waals surface area contributed by atoms with E-state index in [9.17, 15) is 4.79 Å². The second-order valence-electron chi connectivity index (χ2n) is 3.68. The van der Waals surface area contributed by atoms with Gasteiger partial charge in [-0.3, -0.25) is 4.79 Å². The zero-order valence-electron chi connectivity index (χ0n) is 11.3. The highest BCUT2D eigenvalue weighted by molar-refractivity contribution is 5.75. The van der Waals surface area contributed by atoms with Crippen LogP contribution in [-0.2, 0) is 16.0 Å². The van der Waals surface area contributed by atoms with E-state index in [1.165, 1.54) is 7.11 Å². The molecule has 0 fully saturated rings. The molecule has 0 spiro atoms. The Labute approximate surface area is 107 Å². The molecule has 0 aliphatic carbocycles. The zero-order chi connectivity index (χ0) is 13.7. The summed E-state index contributed by atoms with van der Waals surface area (Å²) in [6.07, 6.45) is 0.126. The first-order valence-electron chi connectivity index (χ1n) is 5.44. The van der Waals surface area contributed by atoms with Crippen LogP contribution in [0.25, 0.3) is 0 Å². The molecule has 0 amide bonds. The van der Waals surface area contributed by atoms with Crippen LogP contribution in [0.5, 0.6) is 17.2 Å². The average molecular weight is 254 g/mol. The Bertz CT molecular complexity index is 439. The summed E-state index contributed by atoms with van der Waals surface area (Å²) in [5, 5.41) is 0. The van der Waals surface area contributed by atoms with E-state index in [2.05, 4.69) is 4.74 Å². The van der Waals surface area contributed by atoms with Gasteiger partial charge in [-0.25, -0.2) is 0 Å². The summed E-state index contributed by atoms with van der Waals surface area (Å²) in [5.41, 5.74) is 1.50. The number of esters is 1. The van der Waals surface area contributed by atoms with Gasteiger partial charge in [-0.2, -0.15) is 0 Å². The molecule has 0 atom stereocenters. The van der Waals surface area contributed by atoms with E-state index in [1.54, 1.807) is 27.4 Å². The number of benzene rings is 1. The van der Waals surface area contributed by atoms with Gasteiger partial charge in [-0.15, -0.1) is 0 Å². The first-order chi connectivity index (χ1) is 8.58. The van der Waals surface area contributed by atoms with Crippen LogP contribution in [0.4, 0.5) is 0 Å². The quantitative estimate of drug-likeness (QED) is 0.749. The molecule has 5 nitrogen and oxygen atoms in total. The summed E-state index contributed by atoms with van der Waals surface area (Å²) < 4.78 is 20.5. The summed E-state index contributed by atoms with van der Waals surface area (Å²) in [7, 11) is 6.01. The monoisotopic (exact) mass is 254 g/mol. The minimum atomic E-state index is -0.333. The van der Waals surface area contributed by atoms with Crippen molar-refractivity contribution < 1.29 is 23.7 Å². The number of methoxy groups -OCH3 is 4. The van der Waals surface area contributed by atoms with Gasteiger partial charge in [0.15, 0.2) is 11.5 Å². The Hall–Kier alpha value is -1.91. The van der Waals surface area contributed by atoms with Crippen molar-refractivity contribution in [1.82, 2.24) is 0 Å². The summed E-state index contributed by atoms with van der Waals surface area (Å²) in [6, 6.07) is 1.72. The number of ether oxygens (including phenoxy) is 4. The number of carbonyl (C=O) groups is 1. The molecule has 0 saturated carbocycles. The van der Waals surface area contributed by atoms with Crippen molar-refractivity contribution >= 4 is 5.97 Å². The molecule has 0 saturated heterocycles. The predicted molar refractivity (Wildman–Crippen MR) is 66.6 cm³/mol. The van der Waals surface area contributed by atoms with Gasteiger partial charge in [-0.05, 0) is 13.0 Å². The third kappa shape index (κ3) is 2.67. The fourth-order valence-corrected chi connectivity index (χ4v) is 1.87. The molecule has 0 N–H and O–H groups in total. The molecule has 1 aromatic carbocycles. The van der Waals surface area contributed by atoms with Gasteiger partial charge in [0, 0.05) is 11.1 Å². The van der Waals surface area contributed by atoms with E-state index in [0.29, 0.717) is 22.8 Å². The van der Waals surface area contributed by atoms with Crippen molar-refractivity contribution in [3.05, 3.63) is 17.2 Å². The summed E-state index contributed by atoms with van der Waals surface area (Å²) in [6.45, 7) is 1.85. The van der Waals surface area contributed by atoms with Crippen molar-refractivity contribution in [2.75, 3.05) is 28.4 Å². The van der Waals surface area contributed by atoms with Gasteiger partial charge in [0.05, 0.1) is 34.9 Å². The molecule has 0 heterocycles. The van der Waals surface area contributed by atoms with Crippen LogP contribution < -0.4 is 14.2 Å². The molecule has 0 aliphatic rings. The van der Waals surface area contributed by atoms with Gasteiger partial charge in [0.2, 0.25) is 0 Å². The normalized spacial score (nSPS) is 9.83. The minimum absolute atomic E-state index is 0.126. The maximum Gasteiger partial charge on any atom is 0.310 e. The fraction of sp³-hybridized carbons (Fsp3) is 0.462. The first kappa shape index (κ1) is 14.2. The van der Waals surface area contributed by atoms with Crippen LogP contribution in [0.3, 0.4) is 0 Å². The predicted octanol–water partition coefficient (Wildman–Crippen LogP) is 1.74. The van der Waals surface area contributed by atoms with Gasteiger partial charge in [-0.1, -0.05) is 0 Å². The Morgan fingerprint density at radius 1 is 1.06 bits per heavy atom. The summed E-state index contributed by atoms with van der Waals surface area (Å²) >= 11 is 0. The van der Waals surface area contributed by atoms with Crippen LogP contribution >= 0.6 is 0 Å². The number of carbonyl (C=O) groups excluding carboxylic acids is 1. The molecular weight excluding hydrogens is 236 g/mol. The lowest BCUT2D eigenvalue weighted by molar-refractivity contribution is -0.139. The number of hydrogen-bond donors (Lipinski definition) is 0. The summed E-state index contributed by atoms with van der Waals surface area (Å²) in [5.74, 6) is 1.44. The second kappa shape index (κ2) is 6.14. The molecule has 5 heteroatoms. The van der Waals surface area contributed by atoms with Crippen molar-refractivity contribution in [2.45, 2.75) is 13.3 Å². The van der Waals surface area contributed by atoms with Crippen molar-refractivity contribution in [3.63, 3.8) is 0 Å². The van der Waals surface area contributed by atoms with Gasteiger partial charge >= 0.3 is 5.97 Å². The minimum Gasteiger partial charge on any atom is -0.496 e. The third-order valence-corrected chi connectivity index (χ3v) is 2.69. The van der Waals surface area contributed by atoms with Crippen molar-refractivity contribution in [1.29, 1.82) is 0 Å². The molecule has 18 heavy (non-hydrogen) atoms. The average Bonchev–Trinajstić information content (AvgIpc) is 2.38. The van der Waals surface area contributed by atoms with Crippen LogP contribution in [0.2, 0.25) is 0 Å². The van der Waals surface area contributed by atoms with Crippen LogP contribution in [0.1, 0.15) is 11.1 Å². The van der Waals surface area contributed by atoms with Crippen LogP contribution in [0, 0.1) is 6.92 Å². The Morgan fingerprint density at radius 3 is 2.11 bits per heavy atom. The van der Waals surface area contributed by atoms with Crippen LogP contribution in [0.15, 0.2) is 6.07 Å². The topological polar surface area (TPSA) is 54.0 Å². The fourth-order valence-electron chi connectivity index (χ4n) is 1.87. The lowest BCUT2D eigenvalue weighted by atomic mass is 10.0. The molecule has 100 valence electrons. The van der Waals surface area contributed by atoms with Crippen molar-refractivity contribution in [3.8, 4) is 17.2 Å². The molecule has 0 aromatic heterocycles. The standard InChI is InChI=1S/C13H18O5/c1-8-12(17-4)9(7-11(14)16-3)6-10(15-2)13(8)18-5/h6H,7H2,1-5H3. The third-order valence-electron chi connectivity index (χ3n) is 2.69. The molecule has 1 rings (SSSR count). The maximum absolute atomic E-state index is 11.4. The molecular formula is C13H18O5. The van der Waals surface area contributed by atoms with E-state index in [1.807, 2.05) is 6.92 Å². The zero-order valence-corrected chi connectivity index (χ0v) is 11.3. The maximum atomic E-state index is 11.4. The smallest absolute Gasteiger partial charge is 0.310 e. The highest BCUT2D eigenvalue weighted by Crippen LogP contribution is 2.39. The van der Waals surface area contributed by atoms with Gasteiger partial charge in [0.1, 0.15) is 5.75 Å². The molecule has 0 unspecified atom stereocenters. The second-order valence-corrected chi connectivity index (χ2v) is 3.68. The highest BCUT2D eigenvalue weighted by atomic mass is 16.5. The van der Waals surface area contributed by atoms with Crippen molar-refractivity contribution in [2.24, 2.45) is 0 Å². The highest BCUT2D eigenvalue weighted by Gasteiger charge is 2.19. The van der Waals surface area contributed by atoms with E-state index in [0.717, 1.165) is 5.56 Å². The Kier molecular flexibility index (Phi) is 4.83. The van der Waals surface area contributed by atoms with E-state index >= 15 is 0 Å². The Balaban J connectivity index is 3.32. The lowest BCUT2D eigenvalue weighted by Gasteiger charge is -2.17. The van der Waals surface area contributed by atoms with E-state index < -0.39 is 0 Å². The molecule has 0 bridgehead atoms. The molecule has 0 aliphatic heterocycles. The molecule has 1 aromatic rings. The lowest BCUT2D eigenvalue weighted by Crippen LogP contribution is -2.08. The number of hydrogen-bond acceptors (Lipinski definition) is 5. The van der Waals surface area contributed by atoms with Crippen LogP contribution in [-0.4, -0.2) is 34.4 Å². The molecule has 0 radical (unpaired) electrons.